The number of amides is 1. The predicted octanol–water partition coefficient (Wildman–Crippen LogP) is 2.29. The Morgan fingerprint density at radius 3 is 3.17 bits per heavy atom. The van der Waals surface area contributed by atoms with Crippen LogP contribution >= 0.6 is 0 Å². The maximum atomic E-state index is 11.8. The van der Waals surface area contributed by atoms with Crippen molar-refractivity contribution in [2.24, 2.45) is 5.73 Å². The van der Waals surface area contributed by atoms with Crippen LogP contribution in [0.2, 0.25) is 0 Å². The first-order chi connectivity index (χ1) is 8.81. The Bertz CT molecular complexity index is 387. The molecule has 0 aromatic carbocycles. The average molecular weight is 250 g/mol. The van der Waals surface area contributed by atoms with Crippen LogP contribution in [0.25, 0.3) is 0 Å². The van der Waals surface area contributed by atoms with E-state index in [0.29, 0.717) is 13.0 Å². The van der Waals surface area contributed by atoms with Gasteiger partial charge >= 0.3 is 0 Å². The minimum Gasteiger partial charge on any atom is -0.469 e. The van der Waals surface area contributed by atoms with Gasteiger partial charge in [0.25, 0.3) is 0 Å². The largest absolute Gasteiger partial charge is 0.469 e. The van der Waals surface area contributed by atoms with Crippen molar-refractivity contribution in [1.82, 2.24) is 5.32 Å². The number of rotatable bonds is 6. The van der Waals surface area contributed by atoms with Gasteiger partial charge < -0.3 is 15.5 Å². The summed E-state index contributed by atoms with van der Waals surface area (Å²) in [5, 5.41) is 3.11. The minimum atomic E-state index is 0.145. The van der Waals surface area contributed by atoms with E-state index in [1.165, 1.54) is 0 Å². The topological polar surface area (TPSA) is 68.3 Å². The number of fused-ring (bicyclic) bond motifs is 1. The maximum absolute atomic E-state index is 11.8. The average Bonchev–Trinajstić information content (AvgIpc) is 2.84. The van der Waals surface area contributed by atoms with Crippen LogP contribution in [0.3, 0.4) is 0 Å². The quantitative estimate of drug-likeness (QED) is 0.761. The fraction of sp³-hybridized carbons (Fsp3) is 0.643. The molecule has 0 saturated heterocycles. The van der Waals surface area contributed by atoms with Gasteiger partial charge in [0, 0.05) is 18.4 Å². The van der Waals surface area contributed by atoms with E-state index in [1.807, 2.05) is 6.07 Å². The van der Waals surface area contributed by atoms with Crippen LogP contribution in [0.15, 0.2) is 16.7 Å². The molecule has 1 aliphatic rings. The van der Waals surface area contributed by atoms with Crippen molar-refractivity contribution in [1.29, 1.82) is 0 Å². The normalized spacial score (nSPS) is 18.4. The van der Waals surface area contributed by atoms with E-state index in [-0.39, 0.29) is 11.9 Å². The SMILES string of the molecule is NCCCCCC(=O)NC1CCCc2occc21. The number of carbonyl (C=O) groups is 1. The number of carbonyl (C=O) groups excluding carboxylic acids is 1. The van der Waals surface area contributed by atoms with Crippen molar-refractivity contribution in [3.8, 4) is 0 Å². The van der Waals surface area contributed by atoms with Crippen molar-refractivity contribution in [3.63, 3.8) is 0 Å². The number of aryl methyl sites for hydroxylation is 1. The van der Waals surface area contributed by atoms with Crippen LogP contribution in [0.5, 0.6) is 0 Å². The summed E-state index contributed by atoms with van der Waals surface area (Å²) >= 11 is 0. The van der Waals surface area contributed by atoms with E-state index >= 15 is 0 Å². The van der Waals surface area contributed by atoms with Gasteiger partial charge in [-0.1, -0.05) is 6.42 Å². The lowest BCUT2D eigenvalue weighted by molar-refractivity contribution is -0.122. The number of unbranched alkanes of at least 4 members (excludes halogenated alkanes) is 2. The summed E-state index contributed by atoms with van der Waals surface area (Å²) in [6.45, 7) is 0.711. The molecule has 0 radical (unpaired) electrons. The van der Waals surface area contributed by atoms with E-state index in [0.717, 1.165) is 49.8 Å². The van der Waals surface area contributed by atoms with Gasteiger partial charge in [-0.3, -0.25) is 4.79 Å². The van der Waals surface area contributed by atoms with Crippen LogP contribution in [-0.2, 0) is 11.2 Å². The third-order valence-electron chi connectivity index (χ3n) is 3.50. The molecule has 0 spiro atoms. The molecule has 1 aromatic rings. The van der Waals surface area contributed by atoms with Gasteiger partial charge in [-0.15, -0.1) is 0 Å². The van der Waals surface area contributed by atoms with Gasteiger partial charge in [-0.05, 0) is 38.3 Å². The molecule has 4 heteroatoms. The molecule has 1 aromatic heterocycles. The number of furan rings is 1. The molecule has 0 aliphatic heterocycles. The Morgan fingerprint density at radius 2 is 2.33 bits per heavy atom. The first-order valence-corrected chi connectivity index (χ1v) is 6.87. The number of hydrogen-bond donors (Lipinski definition) is 2. The lowest BCUT2D eigenvalue weighted by Crippen LogP contribution is -2.30. The summed E-state index contributed by atoms with van der Waals surface area (Å²) < 4.78 is 5.42. The fourth-order valence-electron chi connectivity index (χ4n) is 2.51. The van der Waals surface area contributed by atoms with E-state index in [1.54, 1.807) is 6.26 Å². The molecule has 1 aliphatic carbocycles. The summed E-state index contributed by atoms with van der Waals surface area (Å²) in [6, 6.07) is 2.13. The standard InChI is InChI=1S/C14H22N2O2/c15-9-3-1-2-7-14(17)16-12-5-4-6-13-11(12)8-10-18-13/h8,10,12H,1-7,9,15H2,(H,16,17). The second-order valence-electron chi connectivity index (χ2n) is 4.91. The van der Waals surface area contributed by atoms with Crippen molar-refractivity contribution in [2.45, 2.75) is 51.0 Å². The smallest absolute Gasteiger partial charge is 0.220 e. The van der Waals surface area contributed by atoms with Gasteiger partial charge in [0.2, 0.25) is 5.91 Å². The second kappa shape index (κ2) is 6.59. The molecule has 0 fully saturated rings. The summed E-state index contributed by atoms with van der Waals surface area (Å²) in [4.78, 5) is 11.8. The minimum absolute atomic E-state index is 0.145. The molecule has 1 amide bonds. The highest BCUT2D eigenvalue weighted by Crippen LogP contribution is 2.30. The van der Waals surface area contributed by atoms with Crippen molar-refractivity contribution < 1.29 is 9.21 Å². The number of nitrogens with two attached hydrogens (primary N) is 1. The molecule has 0 bridgehead atoms. The molecule has 2 rings (SSSR count). The highest BCUT2D eigenvalue weighted by atomic mass is 16.3. The predicted molar refractivity (Wildman–Crippen MR) is 70.1 cm³/mol. The zero-order valence-corrected chi connectivity index (χ0v) is 10.8. The summed E-state index contributed by atoms with van der Waals surface area (Å²) in [5.41, 5.74) is 6.59. The zero-order valence-electron chi connectivity index (χ0n) is 10.8. The Balaban J connectivity index is 1.78. The van der Waals surface area contributed by atoms with Crippen LogP contribution in [-0.4, -0.2) is 12.5 Å². The lowest BCUT2D eigenvalue weighted by Gasteiger charge is -2.22. The van der Waals surface area contributed by atoms with Crippen LogP contribution in [0.1, 0.15) is 55.9 Å². The number of nitrogens with one attached hydrogen (secondary N) is 1. The number of hydrogen-bond acceptors (Lipinski definition) is 3. The molecule has 18 heavy (non-hydrogen) atoms. The monoisotopic (exact) mass is 250 g/mol. The summed E-state index contributed by atoms with van der Waals surface area (Å²) in [6.07, 6.45) is 8.37. The van der Waals surface area contributed by atoms with E-state index in [4.69, 9.17) is 10.2 Å². The summed E-state index contributed by atoms with van der Waals surface area (Å²) in [5.74, 6) is 1.18. The van der Waals surface area contributed by atoms with Crippen molar-refractivity contribution in [2.75, 3.05) is 6.54 Å². The van der Waals surface area contributed by atoms with E-state index < -0.39 is 0 Å². The maximum Gasteiger partial charge on any atom is 0.220 e. The molecule has 1 atom stereocenters. The second-order valence-corrected chi connectivity index (χ2v) is 4.91. The molecule has 100 valence electrons. The molecule has 4 nitrogen and oxygen atoms in total. The van der Waals surface area contributed by atoms with Crippen molar-refractivity contribution >= 4 is 5.91 Å². The Labute approximate surface area is 108 Å². The molecule has 0 saturated carbocycles. The molecule has 1 unspecified atom stereocenters. The molecule has 1 heterocycles. The van der Waals surface area contributed by atoms with Crippen LogP contribution < -0.4 is 11.1 Å². The third-order valence-corrected chi connectivity index (χ3v) is 3.50. The Kier molecular flexibility index (Phi) is 4.81. The highest BCUT2D eigenvalue weighted by Gasteiger charge is 2.23. The Morgan fingerprint density at radius 1 is 1.44 bits per heavy atom. The van der Waals surface area contributed by atoms with Gasteiger partial charge in [-0.25, -0.2) is 0 Å². The first kappa shape index (κ1) is 13.1. The van der Waals surface area contributed by atoms with E-state index in [9.17, 15) is 4.79 Å². The fourth-order valence-corrected chi connectivity index (χ4v) is 2.51. The lowest BCUT2D eigenvalue weighted by atomic mass is 9.93. The highest BCUT2D eigenvalue weighted by molar-refractivity contribution is 5.76. The van der Waals surface area contributed by atoms with E-state index in [2.05, 4.69) is 5.32 Å². The van der Waals surface area contributed by atoms with Gasteiger partial charge in [0.05, 0.1) is 12.3 Å². The summed E-state index contributed by atoms with van der Waals surface area (Å²) in [7, 11) is 0. The Hall–Kier alpha value is -1.29. The van der Waals surface area contributed by atoms with Crippen LogP contribution in [0, 0.1) is 0 Å². The zero-order chi connectivity index (χ0) is 12.8. The third kappa shape index (κ3) is 3.35. The van der Waals surface area contributed by atoms with Gasteiger partial charge in [0.1, 0.15) is 5.76 Å². The van der Waals surface area contributed by atoms with Crippen LogP contribution in [0.4, 0.5) is 0 Å². The molecule has 3 N–H and O–H groups in total. The first-order valence-electron chi connectivity index (χ1n) is 6.87. The van der Waals surface area contributed by atoms with Gasteiger partial charge in [-0.2, -0.15) is 0 Å². The molecular weight excluding hydrogens is 228 g/mol. The molecular formula is C14H22N2O2. The van der Waals surface area contributed by atoms with Crippen molar-refractivity contribution in [3.05, 3.63) is 23.7 Å². The van der Waals surface area contributed by atoms with Gasteiger partial charge in [0.15, 0.2) is 0 Å².